The van der Waals surface area contributed by atoms with Crippen LogP contribution in [0.1, 0.15) is 53.6 Å². The van der Waals surface area contributed by atoms with Crippen molar-refractivity contribution in [3.63, 3.8) is 0 Å². The first-order valence-electron chi connectivity index (χ1n) is 13.0. The van der Waals surface area contributed by atoms with E-state index in [1.807, 2.05) is 24.3 Å². The molecule has 2 aromatic carbocycles. The molecular weight excluding hydrogens is 456 g/mol. The van der Waals surface area contributed by atoms with Crippen LogP contribution in [0.3, 0.4) is 0 Å². The summed E-state index contributed by atoms with van der Waals surface area (Å²) in [7, 11) is 0. The monoisotopic (exact) mass is 488 g/mol. The van der Waals surface area contributed by atoms with Crippen molar-refractivity contribution in [3.8, 4) is 5.75 Å². The van der Waals surface area contributed by atoms with Gasteiger partial charge in [-0.15, -0.1) is 0 Å². The molecule has 3 heterocycles. The average Bonchev–Trinajstić information content (AvgIpc) is 3.68. The van der Waals surface area contributed by atoms with Crippen LogP contribution in [0.25, 0.3) is 0 Å². The number of piperidine rings is 2. The third-order valence-corrected chi connectivity index (χ3v) is 7.85. The second-order valence-corrected chi connectivity index (χ2v) is 10.4. The zero-order chi connectivity index (χ0) is 24.6. The van der Waals surface area contributed by atoms with E-state index in [1.54, 1.807) is 4.90 Å². The molecule has 0 spiro atoms. The Labute approximate surface area is 211 Å². The fourth-order valence-corrected chi connectivity index (χ4v) is 5.71. The van der Waals surface area contributed by atoms with Crippen LogP contribution in [0, 0.1) is 0 Å². The summed E-state index contributed by atoms with van der Waals surface area (Å²) in [6.07, 6.45) is 4.19. The van der Waals surface area contributed by atoms with E-state index in [0.717, 1.165) is 37.4 Å². The quantitative estimate of drug-likeness (QED) is 0.581. The van der Waals surface area contributed by atoms with Gasteiger partial charge in [-0.1, -0.05) is 30.3 Å². The van der Waals surface area contributed by atoms with Crippen molar-refractivity contribution in [2.24, 2.45) is 0 Å². The van der Waals surface area contributed by atoms with Crippen LogP contribution in [0.4, 0.5) is 0 Å². The van der Waals surface area contributed by atoms with Gasteiger partial charge in [0.2, 0.25) is 11.8 Å². The van der Waals surface area contributed by atoms with Gasteiger partial charge in [0, 0.05) is 50.2 Å². The van der Waals surface area contributed by atoms with Gasteiger partial charge in [0.05, 0.1) is 0 Å². The van der Waals surface area contributed by atoms with E-state index in [9.17, 15) is 14.4 Å². The Morgan fingerprint density at radius 1 is 1.00 bits per heavy atom. The normalized spacial score (nSPS) is 26.6. The second-order valence-electron chi connectivity index (χ2n) is 10.4. The number of fused-ring (bicyclic) bond motifs is 1. The molecule has 36 heavy (non-hydrogen) atoms. The zero-order valence-corrected chi connectivity index (χ0v) is 20.3. The maximum absolute atomic E-state index is 13.0. The van der Waals surface area contributed by atoms with Gasteiger partial charge >= 0.3 is 0 Å². The lowest BCUT2D eigenvalue weighted by Crippen LogP contribution is -2.55. The maximum Gasteiger partial charge on any atom is 0.255 e. The summed E-state index contributed by atoms with van der Waals surface area (Å²) < 4.78 is 6.58. The number of amides is 3. The molecule has 4 aliphatic rings. The molecule has 2 saturated heterocycles. The predicted octanol–water partition coefficient (Wildman–Crippen LogP) is 2.22. The van der Waals surface area contributed by atoms with Gasteiger partial charge in [0.15, 0.2) is 0 Å². The van der Waals surface area contributed by atoms with Crippen LogP contribution in [0.5, 0.6) is 5.75 Å². The highest BCUT2D eigenvalue weighted by molar-refractivity contribution is 6.05. The summed E-state index contributed by atoms with van der Waals surface area (Å²) in [5.74, 6) is -0.0790. The molecule has 2 aromatic rings. The number of hydrogen-bond donors (Lipinski definition) is 2. The largest absolute Gasteiger partial charge is 0.487 e. The van der Waals surface area contributed by atoms with Gasteiger partial charge in [0.1, 0.15) is 17.9 Å². The number of imide groups is 1. The Morgan fingerprint density at radius 2 is 1.83 bits per heavy atom. The lowest BCUT2D eigenvalue weighted by Gasteiger charge is -2.39. The van der Waals surface area contributed by atoms with Crippen molar-refractivity contribution < 1.29 is 19.1 Å². The van der Waals surface area contributed by atoms with Crippen LogP contribution in [0.15, 0.2) is 48.5 Å². The van der Waals surface area contributed by atoms with Crippen LogP contribution in [-0.2, 0) is 22.7 Å². The fourth-order valence-electron chi connectivity index (χ4n) is 5.71. The number of rotatable bonds is 7. The highest BCUT2D eigenvalue weighted by atomic mass is 16.5. The molecule has 3 aliphatic heterocycles. The Bertz CT molecular complexity index is 1170. The van der Waals surface area contributed by atoms with Gasteiger partial charge in [-0.05, 0) is 55.0 Å². The van der Waals surface area contributed by atoms with Gasteiger partial charge < -0.3 is 15.0 Å². The topological polar surface area (TPSA) is 91.0 Å². The molecular formula is C28H32N4O4. The molecule has 8 heteroatoms. The van der Waals surface area contributed by atoms with Crippen molar-refractivity contribution in [1.29, 1.82) is 0 Å². The molecule has 1 saturated carbocycles. The Kier molecular flexibility index (Phi) is 6.23. The number of hydrogen-bond acceptors (Lipinski definition) is 6. The summed E-state index contributed by atoms with van der Waals surface area (Å²) in [4.78, 5) is 41.0. The minimum absolute atomic E-state index is 0.00412. The standard InChI is InChI=1S/C28H32N4O4/c33-26-11-10-24(27(34)30-26)32-16-19-14-21(8-9-22(19)28(32)35)36-25-17-31(20-6-7-20)13-12-23(25)29-15-18-4-2-1-3-5-18/h1-5,8-9,14,20,23-25,29H,6-7,10-13,15-17H2,(H,30,33,34). The van der Waals surface area contributed by atoms with E-state index < -0.39 is 11.9 Å². The molecule has 6 rings (SSSR count). The van der Waals surface area contributed by atoms with Gasteiger partial charge in [-0.25, -0.2) is 0 Å². The number of likely N-dealkylation sites (tertiary alicyclic amines) is 1. The fraction of sp³-hybridized carbons (Fsp3) is 0.464. The van der Waals surface area contributed by atoms with Crippen molar-refractivity contribution >= 4 is 17.7 Å². The molecule has 8 nitrogen and oxygen atoms in total. The van der Waals surface area contributed by atoms with E-state index in [1.165, 1.54) is 18.4 Å². The van der Waals surface area contributed by atoms with Crippen molar-refractivity contribution in [2.45, 2.75) is 69.4 Å². The van der Waals surface area contributed by atoms with E-state index in [-0.39, 0.29) is 30.4 Å². The van der Waals surface area contributed by atoms with Crippen LogP contribution in [-0.4, -0.2) is 64.8 Å². The first-order chi connectivity index (χ1) is 17.5. The minimum Gasteiger partial charge on any atom is -0.487 e. The number of benzene rings is 2. The average molecular weight is 489 g/mol. The summed E-state index contributed by atoms with van der Waals surface area (Å²) in [6.45, 7) is 3.12. The number of ether oxygens (including phenoxy) is 1. The lowest BCUT2D eigenvalue weighted by atomic mass is 10.0. The van der Waals surface area contributed by atoms with Gasteiger partial charge in [-0.3, -0.25) is 24.6 Å². The molecule has 3 fully saturated rings. The number of nitrogens with one attached hydrogen (secondary N) is 2. The van der Waals surface area contributed by atoms with E-state index >= 15 is 0 Å². The van der Waals surface area contributed by atoms with Crippen LogP contribution < -0.4 is 15.4 Å². The molecule has 3 unspecified atom stereocenters. The highest BCUT2D eigenvalue weighted by Crippen LogP contribution is 2.33. The van der Waals surface area contributed by atoms with Crippen LogP contribution >= 0.6 is 0 Å². The van der Waals surface area contributed by atoms with E-state index in [4.69, 9.17) is 4.74 Å². The molecule has 1 aliphatic carbocycles. The Morgan fingerprint density at radius 3 is 2.61 bits per heavy atom. The third-order valence-electron chi connectivity index (χ3n) is 7.85. The molecule has 2 N–H and O–H groups in total. The molecule has 0 radical (unpaired) electrons. The smallest absolute Gasteiger partial charge is 0.255 e. The highest BCUT2D eigenvalue weighted by Gasteiger charge is 2.40. The van der Waals surface area contributed by atoms with Crippen molar-refractivity contribution in [1.82, 2.24) is 20.4 Å². The third kappa shape index (κ3) is 4.75. The predicted molar refractivity (Wildman–Crippen MR) is 133 cm³/mol. The SMILES string of the molecule is O=C1CCC(N2Cc3cc(OC4CN(C5CC5)CCC4NCc4ccccc4)ccc3C2=O)C(=O)N1. The first-order valence-corrected chi connectivity index (χ1v) is 13.0. The molecule has 3 amide bonds. The molecule has 3 atom stereocenters. The number of nitrogens with zero attached hydrogens (tertiary/aromatic N) is 2. The Hall–Kier alpha value is -3.23. The van der Waals surface area contributed by atoms with E-state index in [0.29, 0.717) is 24.6 Å². The van der Waals surface area contributed by atoms with Crippen LogP contribution in [0.2, 0.25) is 0 Å². The number of carbonyl (C=O) groups excluding carboxylic acids is 3. The minimum atomic E-state index is -0.607. The van der Waals surface area contributed by atoms with Gasteiger partial charge in [-0.2, -0.15) is 0 Å². The summed E-state index contributed by atoms with van der Waals surface area (Å²) in [5.41, 5.74) is 2.73. The Balaban J connectivity index is 1.16. The van der Waals surface area contributed by atoms with E-state index in [2.05, 4.69) is 39.8 Å². The first kappa shape index (κ1) is 23.2. The van der Waals surface area contributed by atoms with Crippen molar-refractivity contribution in [2.75, 3.05) is 13.1 Å². The lowest BCUT2D eigenvalue weighted by molar-refractivity contribution is -0.136. The summed E-state index contributed by atoms with van der Waals surface area (Å²) in [6, 6.07) is 16.4. The molecule has 188 valence electrons. The zero-order valence-electron chi connectivity index (χ0n) is 20.3. The molecule has 0 bridgehead atoms. The summed E-state index contributed by atoms with van der Waals surface area (Å²) in [5, 5.41) is 6.08. The number of carbonyl (C=O) groups is 3. The van der Waals surface area contributed by atoms with Crippen molar-refractivity contribution in [3.05, 3.63) is 65.2 Å². The summed E-state index contributed by atoms with van der Waals surface area (Å²) >= 11 is 0. The molecule has 0 aromatic heterocycles. The second kappa shape index (κ2) is 9.67. The van der Waals surface area contributed by atoms with Gasteiger partial charge in [0.25, 0.3) is 5.91 Å². The maximum atomic E-state index is 13.0.